The molecule has 2 rings (SSSR count). The van der Waals surface area contributed by atoms with Gasteiger partial charge >= 0.3 is 0 Å². The second-order valence-corrected chi connectivity index (χ2v) is 6.29. The fraction of sp³-hybridized carbons (Fsp3) is 0.733. The Morgan fingerprint density at radius 3 is 2.91 bits per heavy atom. The molecular formula is C15H27IN4OS. The smallest absolute Gasteiger partial charge is 0.191 e. The van der Waals surface area contributed by atoms with E-state index in [0.717, 1.165) is 50.3 Å². The number of hydrogen-bond donors (Lipinski definition) is 2. The molecule has 0 amide bonds. The summed E-state index contributed by atoms with van der Waals surface area (Å²) >= 11 is 1.66. The number of aliphatic imine (C=N–C) groups is 1. The topological polar surface area (TPSA) is 58.5 Å². The molecule has 126 valence electrons. The van der Waals surface area contributed by atoms with Gasteiger partial charge in [0, 0.05) is 31.2 Å². The maximum absolute atomic E-state index is 5.63. The van der Waals surface area contributed by atoms with Gasteiger partial charge in [-0.3, -0.25) is 0 Å². The van der Waals surface area contributed by atoms with Crippen LogP contribution in [-0.2, 0) is 11.3 Å². The molecule has 5 nitrogen and oxygen atoms in total. The van der Waals surface area contributed by atoms with Gasteiger partial charge in [0.15, 0.2) is 5.96 Å². The van der Waals surface area contributed by atoms with Crippen molar-refractivity contribution in [2.75, 3.05) is 26.3 Å². The normalized spacial score (nSPS) is 14.5. The quantitative estimate of drug-likeness (QED) is 0.270. The standard InChI is InChI=1S/C15H26N4OS.HI/c1-3-16-15(18-9-14-12(2)19-11-21-14)17-7-4-8-20-10-13-5-6-13;/h11,13H,3-10H2,1-2H3,(H2,16,17,18);1H. The second-order valence-electron chi connectivity index (χ2n) is 5.35. The maximum atomic E-state index is 5.63. The number of nitrogens with one attached hydrogen (secondary N) is 2. The monoisotopic (exact) mass is 438 g/mol. The first-order valence-corrected chi connectivity index (χ1v) is 8.66. The Balaban J connectivity index is 0.00000242. The lowest BCUT2D eigenvalue weighted by atomic mass is 10.4. The van der Waals surface area contributed by atoms with Crippen LogP contribution in [0, 0.1) is 12.8 Å². The highest BCUT2D eigenvalue weighted by Gasteiger charge is 2.20. The van der Waals surface area contributed by atoms with Crippen molar-refractivity contribution in [2.45, 2.75) is 39.7 Å². The van der Waals surface area contributed by atoms with Gasteiger partial charge in [-0.25, -0.2) is 9.98 Å². The molecule has 1 saturated carbocycles. The maximum Gasteiger partial charge on any atom is 0.191 e. The van der Waals surface area contributed by atoms with E-state index in [0.29, 0.717) is 6.54 Å². The van der Waals surface area contributed by atoms with Crippen molar-refractivity contribution in [1.29, 1.82) is 0 Å². The number of ether oxygens (including phenoxy) is 1. The summed E-state index contributed by atoms with van der Waals surface area (Å²) in [4.78, 5) is 10.1. The van der Waals surface area contributed by atoms with Crippen LogP contribution in [0.3, 0.4) is 0 Å². The minimum absolute atomic E-state index is 0. The van der Waals surface area contributed by atoms with Crippen molar-refractivity contribution in [3.05, 3.63) is 16.1 Å². The summed E-state index contributed by atoms with van der Waals surface area (Å²) in [5.74, 6) is 1.71. The predicted octanol–water partition coefficient (Wildman–Crippen LogP) is 2.94. The first-order valence-electron chi connectivity index (χ1n) is 7.78. The van der Waals surface area contributed by atoms with Crippen LogP contribution in [0.1, 0.15) is 36.8 Å². The Morgan fingerprint density at radius 2 is 2.27 bits per heavy atom. The molecule has 0 atom stereocenters. The van der Waals surface area contributed by atoms with Crippen molar-refractivity contribution in [1.82, 2.24) is 15.6 Å². The number of aromatic nitrogens is 1. The third-order valence-electron chi connectivity index (χ3n) is 3.38. The van der Waals surface area contributed by atoms with Gasteiger partial charge in [-0.2, -0.15) is 0 Å². The van der Waals surface area contributed by atoms with Crippen molar-refractivity contribution in [3.63, 3.8) is 0 Å². The van der Waals surface area contributed by atoms with E-state index in [4.69, 9.17) is 4.74 Å². The lowest BCUT2D eigenvalue weighted by Gasteiger charge is -2.11. The number of hydrogen-bond acceptors (Lipinski definition) is 4. The van der Waals surface area contributed by atoms with Crippen LogP contribution in [0.5, 0.6) is 0 Å². The molecule has 0 aromatic carbocycles. The molecule has 1 aliphatic carbocycles. The molecule has 22 heavy (non-hydrogen) atoms. The zero-order chi connectivity index (χ0) is 14.9. The SMILES string of the molecule is CCNC(=NCc1scnc1C)NCCCOCC1CC1.I. The van der Waals surface area contributed by atoms with Crippen molar-refractivity contribution >= 4 is 41.3 Å². The molecule has 2 N–H and O–H groups in total. The fourth-order valence-electron chi connectivity index (χ4n) is 1.89. The van der Waals surface area contributed by atoms with Crippen molar-refractivity contribution in [3.8, 4) is 0 Å². The summed E-state index contributed by atoms with van der Waals surface area (Å²) in [5, 5.41) is 6.62. The number of guanidine groups is 1. The second kappa shape index (κ2) is 11.2. The van der Waals surface area contributed by atoms with E-state index in [-0.39, 0.29) is 24.0 Å². The Bertz CT molecular complexity index is 449. The Hall–Kier alpha value is -0.410. The van der Waals surface area contributed by atoms with Crippen LogP contribution in [-0.4, -0.2) is 37.2 Å². The molecule has 1 aromatic rings. The highest BCUT2D eigenvalue weighted by molar-refractivity contribution is 14.0. The Kier molecular flexibility index (Phi) is 9.98. The van der Waals surface area contributed by atoms with E-state index in [1.807, 2.05) is 12.4 Å². The highest BCUT2D eigenvalue weighted by Crippen LogP contribution is 2.28. The minimum atomic E-state index is 0. The first kappa shape index (κ1) is 19.6. The molecule has 1 fully saturated rings. The van der Waals surface area contributed by atoms with Crippen LogP contribution >= 0.6 is 35.3 Å². The molecule has 1 heterocycles. The molecule has 0 aliphatic heterocycles. The highest BCUT2D eigenvalue weighted by atomic mass is 127. The third-order valence-corrected chi connectivity index (χ3v) is 4.30. The fourth-order valence-corrected chi connectivity index (χ4v) is 2.59. The molecular weight excluding hydrogens is 411 g/mol. The number of aryl methyl sites for hydroxylation is 1. The summed E-state index contributed by atoms with van der Waals surface area (Å²) < 4.78 is 5.63. The zero-order valence-electron chi connectivity index (χ0n) is 13.4. The van der Waals surface area contributed by atoms with Gasteiger partial charge < -0.3 is 15.4 Å². The van der Waals surface area contributed by atoms with Gasteiger partial charge in [0.1, 0.15) is 0 Å². The van der Waals surface area contributed by atoms with Gasteiger partial charge in [-0.05, 0) is 39.0 Å². The number of nitrogens with zero attached hydrogens (tertiary/aromatic N) is 2. The molecule has 0 saturated heterocycles. The zero-order valence-corrected chi connectivity index (χ0v) is 16.6. The number of thiazole rings is 1. The third kappa shape index (κ3) is 7.73. The van der Waals surface area contributed by atoms with Gasteiger partial charge in [0.2, 0.25) is 0 Å². The predicted molar refractivity (Wildman–Crippen MR) is 103 cm³/mol. The summed E-state index contributed by atoms with van der Waals surface area (Å²) in [6, 6.07) is 0. The van der Waals surface area contributed by atoms with E-state index < -0.39 is 0 Å². The molecule has 0 spiro atoms. The van der Waals surface area contributed by atoms with Crippen LogP contribution in [0.25, 0.3) is 0 Å². The summed E-state index contributed by atoms with van der Waals surface area (Å²) in [6.07, 6.45) is 3.72. The Labute approximate surface area is 154 Å². The van der Waals surface area contributed by atoms with Gasteiger partial charge in [-0.1, -0.05) is 0 Å². The largest absolute Gasteiger partial charge is 0.381 e. The average molecular weight is 438 g/mol. The number of rotatable bonds is 9. The minimum Gasteiger partial charge on any atom is -0.381 e. The van der Waals surface area contributed by atoms with E-state index in [1.54, 1.807) is 11.3 Å². The van der Waals surface area contributed by atoms with Crippen molar-refractivity contribution in [2.24, 2.45) is 10.9 Å². The lowest BCUT2D eigenvalue weighted by molar-refractivity contribution is 0.123. The summed E-state index contributed by atoms with van der Waals surface area (Å²) in [6.45, 7) is 8.32. The van der Waals surface area contributed by atoms with Gasteiger partial charge in [0.25, 0.3) is 0 Å². The van der Waals surface area contributed by atoms with Crippen LogP contribution < -0.4 is 10.6 Å². The van der Waals surface area contributed by atoms with Gasteiger partial charge in [-0.15, -0.1) is 35.3 Å². The van der Waals surface area contributed by atoms with Crippen LogP contribution in [0.4, 0.5) is 0 Å². The average Bonchev–Trinajstić information content (AvgIpc) is 3.21. The molecule has 0 bridgehead atoms. The number of halogens is 1. The van der Waals surface area contributed by atoms with Crippen molar-refractivity contribution < 1.29 is 4.74 Å². The van der Waals surface area contributed by atoms with E-state index in [1.165, 1.54) is 17.7 Å². The summed E-state index contributed by atoms with van der Waals surface area (Å²) in [5.41, 5.74) is 2.95. The molecule has 1 aliphatic rings. The molecule has 0 radical (unpaired) electrons. The summed E-state index contributed by atoms with van der Waals surface area (Å²) in [7, 11) is 0. The van der Waals surface area contributed by atoms with E-state index in [2.05, 4.69) is 27.5 Å². The van der Waals surface area contributed by atoms with Crippen LogP contribution in [0.2, 0.25) is 0 Å². The molecule has 0 unspecified atom stereocenters. The molecule has 1 aromatic heterocycles. The first-order chi connectivity index (χ1) is 10.3. The lowest BCUT2D eigenvalue weighted by Crippen LogP contribution is -2.38. The van der Waals surface area contributed by atoms with E-state index >= 15 is 0 Å². The van der Waals surface area contributed by atoms with E-state index in [9.17, 15) is 0 Å². The van der Waals surface area contributed by atoms with Crippen LogP contribution in [0.15, 0.2) is 10.5 Å². The van der Waals surface area contributed by atoms with Gasteiger partial charge in [0.05, 0.1) is 17.7 Å². The Morgan fingerprint density at radius 1 is 1.45 bits per heavy atom. The molecule has 7 heteroatoms.